The summed E-state index contributed by atoms with van der Waals surface area (Å²) >= 11 is 0. The fourth-order valence-electron chi connectivity index (χ4n) is 2.30. The average Bonchev–Trinajstić information content (AvgIpc) is 2.73. The zero-order valence-corrected chi connectivity index (χ0v) is 9.03. The zero-order chi connectivity index (χ0) is 11.0. The predicted octanol–water partition coefficient (Wildman–Crippen LogP) is -0.632. The van der Waals surface area contributed by atoms with Crippen LogP contribution in [-0.4, -0.2) is 49.1 Å². The van der Waals surface area contributed by atoms with Crippen molar-refractivity contribution < 1.29 is 14.3 Å². The molecule has 0 aliphatic carbocycles. The van der Waals surface area contributed by atoms with E-state index >= 15 is 0 Å². The molecular weight excluding hydrogens is 196 g/mol. The highest BCUT2D eigenvalue weighted by molar-refractivity contribution is 6.03. The van der Waals surface area contributed by atoms with Gasteiger partial charge in [0.15, 0.2) is 0 Å². The molecule has 1 N–H and O–H groups in total. The molecule has 5 heteroatoms. The van der Waals surface area contributed by atoms with Crippen LogP contribution < -0.4 is 5.32 Å². The quantitative estimate of drug-likeness (QED) is 0.619. The molecule has 2 rings (SSSR count). The second kappa shape index (κ2) is 3.90. The van der Waals surface area contributed by atoms with E-state index in [1.807, 2.05) is 0 Å². The van der Waals surface area contributed by atoms with Gasteiger partial charge in [-0.05, 0) is 0 Å². The van der Waals surface area contributed by atoms with Crippen molar-refractivity contribution >= 4 is 11.8 Å². The van der Waals surface area contributed by atoms with E-state index in [1.54, 1.807) is 14.0 Å². The predicted molar refractivity (Wildman–Crippen MR) is 53.1 cm³/mol. The minimum atomic E-state index is -0.171. The molecule has 0 spiro atoms. The van der Waals surface area contributed by atoms with E-state index in [2.05, 4.69) is 5.32 Å². The van der Waals surface area contributed by atoms with Crippen molar-refractivity contribution in [1.82, 2.24) is 10.2 Å². The lowest BCUT2D eigenvalue weighted by atomic mass is 10.1. The first-order chi connectivity index (χ1) is 7.15. The number of nitrogens with zero attached hydrogens (tertiary/aromatic N) is 1. The number of methoxy groups -OCH3 is 1. The SMILES string of the molecule is CO[C@H]1CNCC1N1C(=O)CC(C)C1=O. The molecule has 3 atom stereocenters. The van der Waals surface area contributed by atoms with Gasteiger partial charge in [0.05, 0.1) is 12.1 Å². The lowest BCUT2D eigenvalue weighted by Gasteiger charge is -2.26. The molecule has 2 aliphatic heterocycles. The topological polar surface area (TPSA) is 58.6 Å². The molecule has 0 radical (unpaired) electrons. The van der Waals surface area contributed by atoms with Gasteiger partial charge in [-0.15, -0.1) is 0 Å². The van der Waals surface area contributed by atoms with E-state index in [0.29, 0.717) is 19.5 Å². The maximum absolute atomic E-state index is 11.8. The molecule has 0 bridgehead atoms. The van der Waals surface area contributed by atoms with E-state index in [-0.39, 0.29) is 29.9 Å². The van der Waals surface area contributed by atoms with Gasteiger partial charge >= 0.3 is 0 Å². The van der Waals surface area contributed by atoms with Crippen LogP contribution in [0.25, 0.3) is 0 Å². The summed E-state index contributed by atoms with van der Waals surface area (Å²) in [5.74, 6) is -0.297. The van der Waals surface area contributed by atoms with Crippen molar-refractivity contribution in [3.05, 3.63) is 0 Å². The van der Waals surface area contributed by atoms with Crippen LogP contribution in [0, 0.1) is 5.92 Å². The van der Waals surface area contributed by atoms with Gasteiger partial charge in [0.2, 0.25) is 11.8 Å². The Labute approximate surface area is 88.8 Å². The molecule has 5 nitrogen and oxygen atoms in total. The average molecular weight is 212 g/mol. The first-order valence-electron chi connectivity index (χ1n) is 5.24. The Morgan fingerprint density at radius 3 is 2.67 bits per heavy atom. The maximum Gasteiger partial charge on any atom is 0.232 e. The van der Waals surface area contributed by atoms with E-state index in [0.717, 1.165) is 0 Å². The molecule has 2 amide bonds. The van der Waals surface area contributed by atoms with Crippen LogP contribution in [0.4, 0.5) is 0 Å². The monoisotopic (exact) mass is 212 g/mol. The Morgan fingerprint density at radius 1 is 1.40 bits per heavy atom. The van der Waals surface area contributed by atoms with Crippen LogP contribution in [0.1, 0.15) is 13.3 Å². The van der Waals surface area contributed by atoms with Crippen molar-refractivity contribution in [3.63, 3.8) is 0 Å². The minimum Gasteiger partial charge on any atom is -0.378 e. The number of hydrogen-bond donors (Lipinski definition) is 1. The summed E-state index contributed by atoms with van der Waals surface area (Å²) in [6.07, 6.45) is 0.273. The Morgan fingerprint density at radius 2 is 2.13 bits per heavy atom. The molecule has 2 saturated heterocycles. The Bertz CT molecular complexity index is 292. The van der Waals surface area contributed by atoms with Gasteiger partial charge in [-0.1, -0.05) is 6.92 Å². The van der Waals surface area contributed by atoms with Gasteiger partial charge in [0.1, 0.15) is 0 Å². The summed E-state index contributed by atoms with van der Waals surface area (Å²) in [5.41, 5.74) is 0. The maximum atomic E-state index is 11.8. The number of carbonyl (C=O) groups excluding carboxylic acids is 2. The van der Waals surface area contributed by atoms with Gasteiger partial charge < -0.3 is 10.1 Å². The van der Waals surface area contributed by atoms with E-state index in [4.69, 9.17) is 4.74 Å². The van der Waals surface area contributed by atoms with Crippen LogP contribution in [0.2, 0.25) is 0 Å². The first-order valence-corrected chi connectivity index (χ1v) is 5.24. The Balaban J connectivity index is 2.16. The molecule has 0 aromatic heterocycles. The van der Waals surface area contributed by atoms with Crippen molar-refractivity contribution in [3.8, 4) is 0 Å². The standard InChI is InChI=1S/C10H16N2O3/c1-6-3-9(13)12(10(6)14)7-4-11-5-8(7)15-2/h6-8,11H,3-5H2,1-2H3/t6?,7?,8-/m0/s1. The number of nitrogens with one attached hydrogen (secondary N) is 1. The molecule has 2 aliphatic rings. The number of likely N-dealkylation sites (tertiary alicyclic amines) is 1. The lowest BCUT2D eigenvalue weighted by molar-refractivity contribution is -0.144. The molecule has 0 aromatic carbocycles. The highest BCUT2D eigenvalue weighted by Gasteiger charge is 2.44. The summed E-state index contributed by atoms with van der Waals surface area (Å²) in [7, 11) is 1.61. The van der Waals surface area contributed by atoms with Crippen molar-refractivity contribution in [2.75, 3.05) is 20.2 Å². The summed E-state index contributed by atoms with van der Waals surface area (Å²) < 4.78 is 5.26. The zero-order valence-electron chi connectivity index (χ0n) is 9.03. The number of rotatable bonds is 2. The van der Waals surface area contributed by atoms with E-state index < -0.39 is 0 Å². The van der Waals surface area contributed by atoms with Crippen LogP contribution >= 0.6 is 0 Å². The summed E-state index contributed by atoms with van der Waals surface area (Å²) in [5, 5.41) is 3.14. The molecule has 0 aromatic rings. The number of amides is 2. The van der Waals surface area contributed by atoms with Gasteiger partial charge in [0.25, 0.3) is 0 Å². The summed E-state index contributed by atoms with van der Waals surface area (Å²) in [6.45, 7) is 3.14. The highest BCUT2D eigenvalue weighted by Crippen LogP contribution is 2.24. The van der Waals surface area contributed by atoms with Crippen molar-refractivity contribution in [2.45, 2.75) is 25.5 Å². The summed E-state index contributed by atoms with van der Waals surface area (Å²) in [6, 6.07) is -0.125. The molecular formula is C10H16N2O3. The fourth-order valence-corrected chi connectivity index (χ4v) is 2.30. The molecule has 0 saturated carbocycles. The summed E-state index contributed by atoms with van der Waals surface area (Å²) in [4.78, 5) is 24.8. The molecule has 2 fully saturated rings. The largest absolute Gasteiger partial charge is 0.378 e. The van der Waals surface area contributed by atoms with Gasteiger partial charge in [-0.2, -0.15) is 0 Å². The van der Waals surface area contributed by atoms with Gasteiger partial charge in [-0.25, -0.2) is 0 Å². The Kier molecular flexibility index (Phi) is 2.75. The lowest BCUT2D eigenvalue weighted by Crippen LogP contribution is -2.47. The minimum absolute atomic E-state index is 0.0595. The Hall–Kier alpha value is -0.940. The van der Waals surface area contributed by atoms with Crippen LogP contribution in [0.3, 0.4) is 0 Å². The van der Waals surface area contributed by atoms with Crippen LogP contribution in [0.15, 0.2) is 0 Å². The second-order valence-electron chi connectivity index (χ2n) is 4.21. The number of hydrogen-bond acceptors (Lipinski definition) is 4. The van der Waals surface area contributed by atoms with Crippen LogP contribution in [-0.2, 0) is 14.3 Å². The number of ether oxygens (including phenoxy) is 1. The second-order valence-corrected chi connectivity index (χ2v) is 4.21. The van der Waals surface area contributed by atoms with Gasteiger partial charge in [-0.3, -0.25) is 14.5 Å². The molecule has 2 unspecified atom stereocenters. The normalized spacial score (nSPS) is 36.7. The fraction of sp³-hybridized carbons (Fsp3) is 0.800. The third-order valence-electron chi connectivity index (χ3n) is 3.17. The third-order valence-corrected chi connectivity index (χ3v) is 3.17. The molecule has 84 valence electrons. The highest BCUT2D eigenvalue weighted by atomic mass is 16.5. The van der Waals surface area contributed by atoms with Crippen molar-refractivity contribution in [1.29, 1.82) is 0 Å². The first kappa shape index (κ1) is 10.6. The third kappa shape index (κ3) is 1.66. The molecule has 15 heavy (non-hydrogen) atoms. The van der Waals surface area contributed by atoms with E-state index in [1.165, 1.54) is 4.90 Å². The smallest absolute Gasteiger partial charge is 0.232 e. The van der Waals surface area contributed by atoms with E-state index in [9.17, 15) is 9.59 Å². The van der Waals surface area contributed by atoms with Gasteiger partial charge in [0, 0.05) is 32.5 Å². The van der Waals surface area contributed by atoms with Crippen LogP contribution in [0.5, 0.6) is 0 Å². The van der Waals surface area contributed by atoms with Crippen molar-refractivity contribution in [2.24, 2.45) is 5.92 Å². The molecule has 2 heterocycles. The number of imide groups is 1. The number of carbonyl (C=O) groups is 2.